The molecule has 1 N–H and O–H groups in total. The molecule has 6 nitrogen and oxygen atoms in total. The second-order valence-electron chi connectivity index (χ2n) is 5.10. The van der Waals surface area contributed by atoms with Gasteiger partial charge >= 0.3 is 11.9 Å². The van der Waals surface area contributed by atoms with E-state index in [0.717, 1.165) is 6.07 Å². The van der Waals surface area contributed by atoms with E-state index in [2.05, 4.69) is 9.72 Å². The van der Waals surface area contributed by atoms with Gasteiger partial charge in [0.25, 0.3) is 0 Å². The molecule has 0 amide bonds. The third-order valence-electron chi connectivity index (χ3n) is 3.53. The first kappa shape index (κ1) is 17.4. The molecule has 0 fully saturated rings. The minimum absolute atomic E-state index is 0.147. The molecule has 0 aliphatic rings. The maximum Gasteiger partial charge on any atom is 0.341 e. The Kier molecular flexibility index (Phi) is 5.13. The van der Waals surface area contributed by atoms with E-state index in [9.17, 15) is 18.8 Å². The normalized spacial score (nSPS) is 10.3. The third-order valence-corrected chi connectivity index (χ3v) is 3.53. The number of ether oxygens (including phenoxy) is 2. The van der Waals surface area contributed by atoms with Crippen molar-refractivity contribution in [1.29, 1.82) is 0 Å². The fraction of sp³-hybridized carbons (Fsp3) is 0.235. The number of rotatable bonds is 5. The molecule has 0 aliphatic heterocycles. The summed E-state index contributed by atoms with van der Waals surface area (Å²) in [7, 11) is 1.24. The molecule has 2 aromatic rings. The Bertz CT molecular complexity index is 809. The van der Waals surface area contributed by atoms with Crippen molar-refractivity contribution < 1.29 is 28.2 Å². The Hall–Kier alpha value is -2.96. The Morgan fingerprint density at radius 1 is 1.12 bits per heavy atom. The molecular weight excluding hydrogens is 317 g/mol. The van der Waals surface area contributed by atoms with E-state index < -0.39 is 30.1 Å². The van der Waals surface area contributed by atoms with Crippen molar-refractivity contribution in [3.63, 3.8) is 0 Å². The summed E-state index contributed by atoms with van der Waals surface area (Å²) >= 11 is 0. The molecule has 0 bridgehead atoms. The lowest BCUT2D eigenvalue weighted by Crippen LogP contribution is -2.16. The van der Waals surface area contributed by atoms with Gasteiger partial charge in [-0.15, -0.1) is 0 Å². The highest BCUT2D eigenvalue weighted by molar-refractivity contribution is 6.03. The number of aryl methyl sites for hydroxylation is 1. The predicted molar refractivity (Wildman–Crippen MR) is 82.6 cm³/mol. The van der Waals surface area contributed by atoms with Crippen molar-refractivity contribution in [3.8, 4) is 0 Å². The Labute approximate surface area is 137 Å². The van der Waals surface area contributed by atoms with Crippen molar-refractivity contribution in [2.45, 2.75) is 13.8 Å². The summed E-state index contributed by atoms with van der Waals surface area (Å²) in [6, 6.07) is 5.32. The van der Waals surface area contributed by atoms with Gasteiger partial charge in [0.1, 0.15) is 5.82 Å². The second kappa shape index (κ2) is 7.08. The first-order valence-electron chi connectivity index (χ1n) is 7.09. The highest BCUT2D eigenvalue weighted by atomic mass is 19.1. The predicted octanol–water partition coefficient (Wildman–Crippen LogP) is 2.60. The second-order valence-corrected chi connectivity index (χ2v) is 5.10. The molecule has 0 spiro atoms. The van der Waals surface area contributed by atoms with Crippen LogP contribution < -0.4 is 0 Å². The summed E-state index contributed by atoms with van der Waals surface area (Å²) in [6.07, 6.45) is 0. The topological polar surface area (TPSA) is 85.5 Å². The van der Waals surface area contributed by atoms with Crippen LogP contribution in [0.1, 0.15) is 42.5 Å². The number of H-pyrrole nitrogens is 1. The quantitative estimate of drug-likeness (QED) is 0.671. The van der Waals surface area contributed by atoms with Gasteiger partial charge in [-0.25, -0.2) is 14.0 Å². The van der Waals surface area contributed by atoms with Gasteiger partial charge in [0.05, 0.1) is 23.9 Å². The molecule has 1 aromatic heterocycles. The van der Waals surface area contributed by atoms with Crippen LogP contribution in [0.2, 0.25) is 0 Å². The van der Waals surface area contributed by atoms with E-state index in [0.29, 0.717) is 11.3 Å². The highest BCUT2D eigenvalue weighted by Crippen LogP contribution is 2.19. The fourth-order valence-corrected chi connectivity index (χ4v) is 2.34. The van der Waals surface area contributed by atoms with Crippen LogP contribution in [0.25, 0.3) is 0 Å². The number of aromatic amines is 1. The van der Waals surface area contributed by atoms with E-state index >= 15 is 0 Å². The van der Waals surface area contributed by atoms with Gasteiger partial charge in [0.2, 0.25) is 5.78 Å². The molecular formula is C17H16FNO5. The standard InChI is InChI=1S/C17H16FNO5/c1-9-14(17(22)23-3)10(2)19-15(9)13(20)8-24-16(21)11-6-4-5-7-12(11)18/h4-7,19H,8H2,1-3H3. The van der Waals surface area contributed by atoms with E-state index in [1.807, 2.05) is 0 Å². The lowest BCUT2D eigenvalue weighted by molar-refractivity contribution is 0.0468. The van der Waals surface area contributed by atoms with E-state index in [1.165, 1.54) is 25.3 Å². The fourth-order valence-electron chi connectivity index (χ4n) is 2.34. The average molecular weight is 333 g/mol. The number of carbonyl (C=O) groups excluding carboxylic acids is 3. The van der Waals surface area contributed by atoms with Crippen molar-refractivity contribution >= 4 is 17.7 Å². The van der Waals surface area contributed by atoms with Crippen LogP contribution in [-0.4, -0.2) is 36.4 Å². The Morgan fingerprint density at radius 2 is 1.79 bits per heavy atom. The molecule has 0 saturated carbocycles. The minimum Gasteiger partial charge on any atom is -0.465 e. The van der Waals surface area contributed by atoms with Crippen molar-refractivity contribution in [2.24, 2.45) is 0 Å². The minimum atomic E-state index is -0.935. The summed E-state index contributed by atoms with van der Waals surface area (Å²) in [5.41, 5.74) is 1.05. The summed E-state index contributed by atoms with van der Waals surface area (Å²) in [5.74, 6) is -2.76. The number of halogens is 1. The van der Waals surface area contributed by atoms with E-state index in [1.54, 1.807) is 13.8 Å². The lowest BCUT2D eigenvalue weighted by Gasteiger charge is -2.05. The van der Waals surface area contributed by atoms with Crippen molar-refractivity contribution in [2.75, 3.05) is 13.7 Å². The molecule has 0 atom stereocenters. The number of nitrogens with one attached hydrogen (secondary N) is 1. The van der Waals surface area contributed by atoms with Gasteiger partial charge in [0.15, 0.2) is 6.61 Å². The molecule has 1 heterocycles. The molecule has 1 aromatic carbocycles. The van der Waals surface area contributed by atoms with Crippen molar-refractivity contribution in [1.82, 2.24) is 4.98 Å². The first-order valence-corrected chi connectivity index (χ1v) is 7.09. The van der Waals surface area contributed by atoms with Crippen LogP contribution in [0.15, 0.2) is 24.3 Å². The largest absolute Gasteiger partial charge is 0.465 e. The number of hydrogen-bond acceptors (Lipinski definition) is 5. The zero-order valence-electron chi connectivity index (χ0n) is 13.4. The van der Waals surface area contributed by atoms with Gasteiger partial charge in [-0.1, -0.05) is 12.1 Å². The number of benzene rings is 1. The zero-order valence-corrected chi connectivity index (χ0v) is 13.4. The molecule has 2 rings (SSSR count). The molecule has 0 unspecified atom stereocenters. The smallest absolute Gasteiger partial charge is 0.341 e. The Balaban J connectivity index is 2.13. The lowest BCUT2D eigenvalue weighted by atomic mass is 10.1. The van der Waals surface area contributed by atoms with Crippen molar-refractivity contribution in [3.05, 3.63) is 58.2 Å². The monoisotopic (exact) mass is 333 g/mol. The molecule has 126 valence electrons. The van der Waals surface area contributed by atoms with Gasteiger partial charge in [0, 0.05) is 5.69 Å². The van der Waals surface area contributed by atoms with Crippen LogP contribution >= 0.6 is 0 Å². The summed E-state index contributed by atoms with van der Waals surface area (Å²) in [6.45, 7) is 2.64. The van der Waals surface area contributed by atoms with Crippen LogP contribution in [0.3, 0.4) is 0 Å². The van der Waals surface area contributed by atoms with Gasteiger partial charge in [-0.2, -0.15) is 0 Å². The maximum absolute atomic E-state index is 13.5. The first-order chi connectivity index (χ1) is 11.4. The summed E-state index contributed by atoms with van der Waals surface area (Å²) in [5, 5.41) is 0. The third kappa shape index (κ3) is 3.34. The number of hydrogen-bond donors (Lipinski definition) is 1. The number of esters is 2. The molecule has 24 heavy (non-hydrogen) atoms. The number of methoxy groups -OCH3 is 1. The number of carbonyl (C=O) groups is 3. The Morgan fingerprint density at radius 3 is 2.42 bits per heavy atom. The summed E-state index contributed by atoms with van der Waals surface area (Å²) in [4.78, 5) is 38.5. The van der Waals surface area contributed by atoms with Gasteiger partial charge in [-0.3, -0.25) is 4.79 Å². The van der Waals surface area contributed by atoms with Crippen LogP contribution in [0, 0.1) is 19.7 Å². The van der Waals surface area contributed by atoms with Crippen LogP contribution in [-0.2, 0) is 9.47 Å². The number of ketones is 1. The summed E-state index contributed by atoms with van der Waals surface area (Å²) < 4.78 is 23.0. The molecule has 0 saturated heterocycles. The highest BCUT2D eigenvalue weighted by Gasteiger charge is 2.23. The molecule has 0 radical (unpaired) electrons. The zero-order chi connectivity index (χ0) is 17.9. The van der Waals surface area contributed by atoms with Gasteiger partial charge < -0.3 is 14.5 Å². The molecule has 7 heteroatoms. The van der Waals surface area contributed by atoms with E-state index in [4.69, 9.17) is 4.74 Å². The van der Waals surface area contributed by atoms with Crippen LogP contribution in [0.4, 0.5) is 4.39 Å². The van der Waals surface area contributed by atoms with E-state index in [-0.39, 0.29) is 16.8 Å². The number of aromatic nitrogens is 1. The number of Topliss-reactive ketones (excluding diaryl/α,β-unsaturated/α-hetero) is 1. The van der Waals surface area contributed by atoms with Crippen LogP contribution in [0.5, 0.6) is 0 Å². The van der Waals surface area contributed by atoms with Gasteiger partial charge in [-0.05, 0) is 31.5 Å². The molecule has 0 aliphatic carbocycles. The SMILES string of the molecule is COC(=O)c1c(C)[nH]c(C(=O)COC(=O)c2ccccc2F)c1C. The maximum atomic E-state index is 13.5. The average Bonchev–Trinajstić information content (AvgIpc) is 2.86.